The van der Waals surface area contributed by atoms with E-state index in [4.69, 9.17) is 16.3 Å². The number of amides is 2. The molecule has 0 bridgehead atoms. The highest BCUT2D eigenvalue weighted by Crippen LogP contribution is 2.37. The lowest BCUT2D eigenvalue weighted by molar-refractivity contribution is 0.0214. The molecule has 0 unspecified atom stereocenters. The molecule has 0 spiro atoms. The number of benzene rings is 1. The van der Waals surface area contributed by atoms with Crippen LogP contribution < -0.4 is 10.6 Å². The molecule has 4 rings (SSSR count). The number of pyridine rings is 1. The van der Waals surface area contributed by atoms with Crippen molar-refractivity contribution in [2.24, 2.45) is 0 Å². The molecular weight excluding hydrogens is 434 g/mol. The van der Waals surface area contributed by atoms with E-state index in [1.807, 2.05) is 17.5 Å². The Bertz CT molecular complexity index is 1060. The fourth-order valence-electron chi connectivity index (χ4n) is 3.62. The second kappa shape index (κ2) is 9.94. The number of halogens is 1. The summed E-state index contributed by atoms with van der Waals surface area (Å²) in [5.41, 5.74) is 2.47. The smallest absolute Gasteiger partial charge is 0.342 e. The van der Waals surface area contributed by atoms with Gasteiger partial charge in [-0.1, -0.05) is 24.1 Å². The Morgan fingerprint density at radius 1 is 1.06 bits per heavy atom. The molecule has 1 aromatic carbocycles. The van der Waals surface area contributed by atoms with E-state index < -0.39 is 12.0 Å². The number of hydrogen-bond acceptors (Lipinski definition) is 5. The second-order valence-corrected chi connectivity index (χ2v) is 8.66. The Hall–Kier alpha value is -2.90. The SMILES string of the molecule is O=C(Nc1cccc(Cl)c1)Nc1scc(-c2ccncc2)c1C(=O)OC1CCCCC1. The maximum atomic E-state index is 13.2. The van der Waals surface area contributed by atoms with E-state index >= 15 is 0 Å². The van der Waals surface area contributed by atoms with Crippen molar-refractivity contribution in [3.8, 4) is 11.1 Å². The third-order valence-corrected chi connectivity index (χ3v) is 6.25. The number of hydrogen-bond donors (Lipinski definition) is 2. The fraction of sp³-hybridized carbons (Fsp3) is 0.261. The van der Waals surface area contributed by atoms with Crippen LogP contribution in [-0.4, -0.2) is 23.1 Å². The minimum Gasteiger partial charge on any atom is -0.459 e. The van der Waals surface area contributed by atoms with Gasteiger partial charge in [0.2, 0.25) is 0 Å². The summed E-state index contributed by atoms with van der Waals surface area (Å²) in [4.78, 5) is 29.8. The number of nitrogens with zero attached hydrogens (tertiary/aromatic N) is 1. The number of anilines is 2. The minimum atomic E-state index is -0.461. The van der Waals surface area contributed by atoms with E-state index in [9.17, 15) is 9.59 Å². The molecule has 0 radical (unpaired) electrons. The quantitative estimate of drug-likeness (QED) is 0.425. The van der Waals surface area contributed by atoms with Crippen LogP contribution in [0.25, 0.3) is 11.1 Å². The molecule has 1 saturated carbocycles. The number of esters is 1. The third kappa shape index (κ3) is 5.42. The average Bonchev–Trinajstić information content (AvgIpc) is 3.18. The number of carbonyl (C=O) groups excluding carboxylic acids is 2. The van der Waals surface area contributed by atoms with Crippen molar-refractivity contribution in [2.75, 3.05) is 10.6 Å². The van der Waals surface area contributed by atoms with Gasteiger partial charge in [0.15, 0.2) is 0 Å². The van der Waals surface area contributed by atoms with Gasteiger partial charge in [0.25, 0.3) is 0 Å². The maximum Gasteiger partial charge on any atom is 0.342 e. The van der Waals surface area contributed by atoms with Crippen LogP contribution in [0.1, 0.15) is 42.5 Å². The number of aromatic nitrogens is 1. The Kier molecular flexibility index (Phi) is 6.84. The molecule has 2 amide bonds. The first-order chi connectivity index (χ1) is 15.1. The van der Waals surface area contributed by atoms with Crippen molar-refractivity contribution < 1.29 is 14.3 Å². The van der Waals surface area contributed by atoms with Gasteiger partial charge in [-0.25, -0.2) is 9.59 Å². The molecule has 0 aliphatic heterocycles. The van der Waals surface area contributed by atoms with E-state index in [2.05, 4.69) is 15.6 Å². The highest BCUT2D eigenvalue weighted by Gasteiger charge is 2.26. The van der Waals surface area contributed by atoms with E-state index in [-0.39, 0.29) is 6.10 Å². The molecule has 0 saturated heterocycles. The predicted molar refractivity (Wildman–Crippen MR) is 124 cm³/mol. The Labute approximate surface area is 189 Å². The van der Waals surface area contributed by atoms with Gasteiger partial charge < -0.3 is 10.1 Å². The van der Waals surface area contributed by atoms with Gasteiger partial charge in [0.05, 0.1) is 0 Å². The number of ether oxygens (including phenoxy) is 1. The van der Waals surface area contributed by atoms with E-state index in [1.54, 1.807) is 36.7 Å². The normalized spacial score (nSPS) is 14.1. The molecule has 31 heavy (non-hydrogen) atoms. The zero-order valence-corrected chi connectivity index (χ0v) is 18.3. The summed E-state index contributed by atoms with van der Waals surface area (Å²) in [6, 6.07) is 10.1. The average molecular weight is 456 g/mol. The Balaban J connectivity index is 1.58. The van der Waals surface area contributed by atoms with Crippen LogP contribution in [0.4, 0.5) is 15.5 Å². The van der Waals surface area contributed by atoms with Gasteiger partial charge in [0, 0.05) is 34.0 Å². The summed E-state index contributed by atoms with van der Waals surface area (Å²) < 4.78 is 5.82. The van der Waals surface area contributed by atoms with Crippen LogP contribution in [0, 0.1) is 0 Å². The molecule has 2 heterocycles. The number of rotatable bonds is 5. The number of carbonyl (C=O) groups is 2. The summed E-state index contributed by atoms with van der Waals surface area (Å²) in [6.07, 6.45) is 8.30. The van der Waals surface area contributed by atoms with Gasteiger partial charge in [-0.3, -0.25) is 10.3 Å². The molecule has 6 nitrogen and oxygen atoms in total. The molecule has 160 valence electrons. The second-order valence-electron chi connectivity index (χ2n) is 7.34. The van der Waals surface area contributed by atoms with Crippen LogP contribution in [0.2, 0.25) is 5.02 Å². The van der Waals surface area contributed by atoms with E-state index in [1.165, 1.54) is 17.8 Å². The zero-order chi connectivity index (χ0) is 21.6. The summed E-state index contributed by atoms with van der Waals surface area (Å²) in [6.45, 7) is 0. The summed E-state index contributed by atoms with van der Waals surface area (Å²) >= 11 is 7.27. The minimum absolute atomic E-state index is 0.0837. The van der Waals surface area contributed by atoms with Gasteiger partial charge in [-0.2, -0.15) is 0 Å². The molecule has 0 atom stereocenters. The lowest BCUT2D eigenvalue weighted by Gasteiger charge is -2.22. The van der Waals surface area contributed by atoms with Crippen LogP contribution in [-0.2, 0) is 4.74 Å². The number of thiophene rings is 1. The standard InChI is InChI=1S/C23H22ClN3O3S/c24-16-5-4-6-17(13-16)26-23(29)27-21-20(22(28)30-18-7-2-1-3-8-18)19(14-31-21)15-9-11-25-12-10-15/h4-6,9-14,18H,1-3,7-8H2,(H2,26,27,29). The van der Waals surface area contributed by atoms with Gasteiger partial charge >= 0.3 is 12.0 Å². The zero-order valence-electron chi connectivity index (χ0n) is 16.8. The molecule has 2 N–H and O–H groups in total. The monoisotopic (exact) mass is 455 g/mol. The van der Waals surface area contributed by atoms with Crippen molar-refractivity contribution >= 4 is 45.6 Å². The molecule has 8 heteroatoms. The van der Waals surface area contributed by atoms with Gasteiger partial charge in [-0.15, -0.1) is 11.3 Å². The number of nitrogens with one attached hydrogen (secondary N) is 2. The van der Waals surface area contributed by atoms with Gasteiger partial charge in [-0.05, 0) is 61.6 Å². The molecule has 1 aliphatic rings. The highest BCUT2D eigenvalue weighted by atomic mass is 35.5. The molecule has 1 aliphatic carbocycles. The van der Waals surface area contributed by atoms with Crippen LogP contribution >= 0.6 is 22.9 Å². The Morgan fingerprint density at radius 3 is 2.58 bits per heavy atom. The molecule has 2 aromatic heterocycles. The predicted octanol–water partition coefficient (Wildman–Crippen LogP) is 6.60. The van der Waals surface area contributed by atoms with E-state index in [0.29, 0.717) is 26.8 Å². The van der Waals surface area contributed by atoms with Crippen LogP contribution in [0.15, 0.2) is 54.2 Å². The first kappa shape index (κ1) is 21.3. The van der Waals surface area contributed by atoms with Crippen LogP contribution in [0.3, 0.4) is 0 Å². The highest BCUT2D eigenvalue weighted by molar-refractivity contribution is 7.15. The van der Waals surface area contributed by atoms with Crippen LogP contribution in [0.5, 0.6) is 0 Å². The first-order valence-corrected chi connectivity index (χ1v) is 11.4. The number of urea groups is 1. The largest absolute Gasteiger partial charge is 0.459 e. The first-order valence-electron chi connectivity index (χ1n) is 10.2. The van der Waals surface area contributed by atoms with E-state index in [0.717, 1.165) is 31.2 Å². The topological polar surface area (TPSA) is 80.3 Å². The van der Waals surface area contributed by atoms with Crippen molar-refractivity contribution in [1.29, 1.82) is 0 Å². The lowest BCUT2D eigenvalue weighted by Crippen LogP contribution is -2.23. The maximum absolute atomic E-state index is 13.2. The summed E-state index contributed by atoms with van der Waals surface area (Å²) in [7, 11) is 0. The van der Waals surface area contributed by atoms with Crippen molar-refractivity contribution in [2.45, 2.75) is 38.2 Å². The Morgan fingerprint density at radius 2 is 1.84 bits per heavy atom. The molecule has 1 fully saturated rings. The lowest BCUT2D eigenvalue weighted by atomic mass is 9.97. The van der Waals surface area contributed by atoms with Crippen molar-refractivity contribution in [3.05, 3.63) is 64.8 Å². The molecular formula is C23H22ClN3O3S. The summed E-state index contributed by atoms with van der Waals surface area (Å²) in [5, 5.41) is 8.34. The fourth-order valence-corrected chi connectivity index (χ4v) is 4.76. The van der Waals surface area contributed by atoms with Crippen molar-refractivity contribution in [3.63, 3.8) is 0 Å². The van der Waals surface area contributed by atoms with Crippen molar-refractivity contribution in [1.82, 2.24) is 4.98 Å². The van der Waals surface area contributed by atoms with Gasteiger partial charge in [0.1, 0.15) is 16.7 Å². The third-order valence-electron chi connectivity index (χ3n) is 5.12. The summed E-state index contributed by atoms with van der Waals surface area (Å²) in [5.74, 6) is -0.419. The molecule has 3 aromatic rings.